The van der Waals surface area contributed by atoms with Gasteiger partial charge in [-0.2, -0.15) is 0 Å². The topological polar surface area (TPSA) is 3.24 Å². The van der Waals surface area contributed by atoms with Crippen LogP contribution in [0.4, 0.5) is 17.1 Å². The summed E-state index contributed by atoms with van der Waals surface area (Å²) in [5, 5.41) is 3.20. The highest BCUT2D eigenvalue weighted by Crippen LogP contribution is 2.65. The van der Waals surface area contributed by atoms with Crippen molar-refractivity contribution < 1.29 is 0 Å². The van der Waals surface area contributed by atoms with E-state index < -0.39 is 5.41 Å². The predicted octanol–water partition coefficient (Wildman–Crippen LogP) is 15.3. The van der Waals surface area contributed by atoms with E-state index in [4.69, 9.17) is 11.6 Å². The van der Waals surface area contributed by atoms with E-state index in [2.05, 4.69) is 213 Å². The number of hydrogen-bond acceptors (Lipinski definition) is 1. The van der Waals surface area contributed by atoms with Crippen LogP contribution >= 0.6 is 11.6 Å². The molecule has 0 unspecified atom stereocenters. The molecule has 0 aromatic heterocycles. The molecule has 1 nitrogen and oxygen atoms in total. The minimum atomic E-state index is -0.514. The molecule has 9 aromatic rings. The van der Waals surface area contributed by atoms with Crippen molar-refractivity contribution in [1.29, 1.82) is 0 Å². The Morgan fingerprint density at radius 2 is 0.966 bits per heavy atom. The zero-order valence-electron chi connectivity index (χ0n) is 32.3. The summed E-state index contributed by atoms with van der Waals surface area (Å²) in [5.74, 6) is 0. The van der Waals surface area contributed by atoms with Crippen LogP contribution in [0.2, 0.25) is 5.02 Å². The molecule has 0 heterocycles. The standard InChI is InChI=1S/C56H38ClN/c1-55(2)46-25-11-10-24-43(46)54-49(55)28-15-29-52(54)58(39-19-4-3-5-20-39)40-21-14-18-37(30-40)44-33-38(57)34-51-53(44)45-31-35-16-6-7-17-36(35)32-50(45)56(51)47-26-12-8-22-41(47)42-23-9-13-27-48(42)56/h3-34H,1-2H3. The van der Waals surface area contributed by atoms with E-state index in [-0.39, 0.29) is 5.41 Å². The van der Waals surface area contributed by atoms with Crippen LogP contribution < -0.4 is 4.90 Å². The summed E-state index contributed by atoms with van der Waals surface area (Å²) in [7, 11) is 0. The molecule has 0 amide bonds. The normalized spacial score (nSPS) is 14.4. The van der Waals surface area contributed by atoms with Gasteiger partial charge in [0.05, 0.1) is 11.1 Å². The Balaban J connectivity index is 1.13. The Morgan fingerprint density at radius 3 is 1.71 bits per heavy atom. The molecule has 0 radical (unpaired) electrons. The van der Waals surface area contributed by atoms with E-state index in [1.54, 1.807) is 0 Å². The van der Waals surface area contributed by atoms with Gasteiger partial charge in [0.25, 0.3) is 0 Å². The molecular weight excluding hydrogens is 722 g/mol. The number of nitrogens with zero attached hydrogens (tertiary/aromatic N) is 1. The molecule has 0 N–H and O–H groups in total. The number of fused-ring (bicyclic) bond motifs is 14. The van der Waals surface area contributed by atoms with Crippen molar-refractivity contribution in [3.63, 3.8) is 0 Å². The van der Waals surface area contributed by atoms with E-state index in [1.807, 2.05) is 0 Å². The van der Waals surface area contributed by atoms with Crippen molar-refractivity contribution in [1.82, 2.24) is 0 Å². The number of halogens is 1. The fourth-order valence-corrected chi connectivity index (χ4v) is 11.1. The van der Waals surface area contributed by atoms with Gasteiger partial charge in [-0.05, 0) is 138 Å². The molecule has 1 spiro atoms. The maximum atomic E-state index is 7.36. The fourth-order valence-electron chi connectivity index (χ4n) is 10.9. The van der Waals surface area contributed by atoms with Gasteiger partial charge in [-0.3, -0.25) is 0 Å². The smallest absolute Gasteiger partial charge is 0.0726 e. The van der Waals surface area contributed by atoms with Crippen molar-refractivity contribution in [2.45, 2.75) is 24.7 Å². The van der Waals surface area contributed by atoms with Crippen LogP contribution in [0.5, 0.6) is 0 Å². The Labute approximate surface area is 344 Å². The Hall–Kier alpha value is -6.67. The summed E-state index contributed by atoms with van der Waals surface area (Å²) in [6, 6.07) is 71.7. The second kappa shape index (κ2) is 12.2. The van der Waals surface area contributed by atoms with Crippen LogP contribution in [0.15, 0.2) is 194 Å². The summed E-state index contributed by atoms with van der Waals surface area (Å²) in [6.07, 6.45) is 0. The van der Waals surface area contributed by atoms with Crippen LogP contribution in [0.25, 0.3) is 55.3 Å². The van der Waals surface area contributed by atoms with Gasteiger partial charge in [0.2, 0.25) is 0 Å². The Kier molecular flexibility index (Phi) is 7.02. The van der Waals surface area contributed by atoms with Gasteiger partial charge < -0.3 is 4.90 Å². The molecule has 0 fully saturated rings. The first-order valence-corrected chi connectivity index (χ1v) is 20.6. The zero-order chi connectivity index (χ0) is 38.8. The van der Waals surface area contributed by atoms with Gasteiger partial charge in [0.15, 0.2) is 0 Å². The lowest BCUT2D eigenvalue weighted by Gasteiger charge is -2.31. The molecule has 3 aliphatic carbocycles. The zero-order valence-corrected chi connectivity index (χ0v) is 33.1. The molecule has 0 saturated carbocycles. The fraction of sp³-hybridized carbons (Fsp3) is 0.0714. The molecule has 0 atom stereocenters. The molecule has 58 heavy (non-hydrogen) atoms. The van der Waals surface area contributed by atoms with Crippen LogP contribution in [-0.4, -0.2) is 0 Å². The highest BCUT2D eigenvalue weighted by atomic mass is 35.5. The average Bonchev–Trinajstić information content (AvgIpc) is 3.81. The highest BCUT2D eigenvalue weighted by Gasteiger charge is 2.52. The lowest BCUT2D eigenvalue weighted by atomic mass is 9.70. The van der Waals surface area contributed by atoms with Crippen molar-refractivity contribution >= 4 is 39.4 Å². The first-order chi connectivity index (χ1) is 28.4. The number of anilines is 3. The van der Waals surface area contributed by atoms with E-state index in [9.17, 15) is 0 Å². The third-order valence-corrected chi connectivity index (χ3v) is 13.5. The molecular formula is C56H38ClN. The number of hydrogen-bond donors (Lipinski definition) is 0. The predicted molar refractivity (Wildman–Crippen MR) is 243 cm³/mol. The minimum absolute atomic E-state index is 0.113. The largest absolute Gasteiger partial charge is 0.310 e. The molecule has 2 heteroatoms. The molecule has 3 aliphatic rings. The molecule has 9 aromatic carbocycles. The van der Waals surface area contributed by atoms with Gasteiger partial charge in [-0.15, -0.1) is 0 Å². The Morgan fingerprint density at radius 1 is 0.379 bits per heavy atom. The summed E-state index contributed by atoms with van der Waals surface area (Å²) in [6.45, 7) is 4.70. The summed E-state index contributed by atoms with van der Waals surface area (Å²) < 4.78 is 0. The summed E-state index contributed by atoms with van der Waals surface area (Å²) in [5.41, 5.74) is 20.6. The van der Waals surface area contributed by atoms with Crippen molar-refractivity contribution in [3.05, 3.63) is 233 Å². The van der Waals surface area contributed by atoms with E-state index >= 15 is 0 Å². The molecule has 274 valence electrons. The maximum absolute atomic E-state index is 7.36. The summed E-state index contributed by atoms with van der Waals surface area (Å²) >= 11 is 7.36. The van der Waals surface area contributed by atoms with Crippen LogP contribution in [0, 0.1) is 0 Å². The van der Waals surface area contributed by atoms with Crippen LogP contribution in [0.3, 0.4) is 0 Å². The minimum Gasteiger partial charge on any atom is -0.310 e. The first-order valence-electron chi connectivity index (χ1n) is 20.2. The van der Waals surface area contributed by atoms with Gasteiger partial charge in [-0.25, -0.2) is 0 Å². The molecule has 0 aliphatic heterocycles. The highest BCUT2D eigenvalue weighted by molar-refractivity contribution is 6.31. The number of rotatable bonds is 4. The molecule has 0 bridgehead atoms. The first kappa shape index (κ1) is 33.5. The molecule has 12 rings (SSSR count). The monoisotopic (exact) mass is 759 g/mol. The van der Waals surface area contributed by atoms with Crippen LogP contribution in [0.1, 0.15) is 47.2 Å². The number of para-hydroxylation sites is 1. The van der Waals surface area contributed by atoms with Crippen molar-refractivity contribution in [3.8, 4) is 44.5 Å². The van der Waals surface area contributed by atoms with E-state index in [1.165, 1.54) is 83.2 Å². The van der Waals surface area contributed by atoms with Gasteiger partial charge >= 0.3 is 0 Å². The van der Waals surface area contributed by atoms with Crippen molar-refractivity contribution in [2.75, 3.05) is 4.90 Å². The SMILES string of the molecule is CC1(C)c2ccccc2-c2c(N(c3ccccc3)c3cccc(-c4cc(Cl)cc5c4-c4cc6ccccc6cc4C54c5ccccc5-c5ccccc54)c3)cccc21. The van der Waals surface area contributed by atoms with Crippen LogP contribution in [-0.2, 0) is 10.8 Å². The second-order valence-electron chi connectivity index (χ2n) is 16.6. The maximum Gasteiger partial charge on any atom is 0.0726 e. The third kappa shape index (κ3) is 4.43. The average molecular weight is 760 g/mol. The van der Waals surface area contributed by atoms with Gasteiger partial charge in [-0.1, -0.05) is 165 Å². The lowest BCUT2D eigenvalue weighted by molar-refractivity contribution is 0.660. The third-order valence-electron chi connectivity index (χ3n) is 13.3. The molecule has 0 saturated heterocycles. The summed E-state index contributed by atoms with van der Waals surface area (Å²) in [4.78, 5) is 2.44. The Bertz CT molecular complexity index is 3130. The number of benzene rings is 9. The second-order valence-corrected chi connectivity index (χ2v) is 17.0. The van der Waals surface area contributed by atoms with Gasteiger partial charge in [0.1, 0.15) is 0 Å². The van der Waals surface area contributed by atoms with Crippen molar-refractivity contribution in [2.24, 2.45) is 0 Å². The van der Waals surface area contributed by atoms with E-state index in [0.29, 0.717) is 0 Å². The quantitative estimate of drug-likeness (QED) is 0.173. The lowest BCUT2D eigenvalue weighted by Crippen LogP contribution is -2.25. The van der Waals surface area contributed by atoms with Gasteiger partial charge in [0, 0.05) is 27.4 Å². The van der Waals surface area contributed by atoms with E-state index in [0.717, 1.165) is 27.5 Å².